The number of hydrogen-bond donors (Lipinski definition) is 5. The Morgan fingerprint density at radius 1 is 0.709 bits per heavy atom. The number of aromatic nitrogens is 8. The molecule has 10 heterocycles. The molecule has 13 nitrogen and oxygen atoms in total. The minimum absolute atomic E-state index is 0.250. The lowest BCUT2D eigenvalue weighted by atomic mass is 9.88. The van der Waals surface area contributed by atoms with E-state index in [-0.39, 0.29) is 6.61 Å². The lowest BCUT2D eigenvalue weighted by molar-refractivity contribution is 0.318. The fraction of sp³-hybridized carbons (Fsp3) is 0.429. The molecular formula is C42H52N12O. The Morgan fingerprint density at radius 2 is 1.29 bits per heavy atom. The van der Waals surface area contributed by atoms with Crippen molar-refractivity contribution in [2.45, 2.75) is 84.0 Å². The van der Waals surface area contributed by atoms with Crippen LogP contribution in [0.4, 0.5) is 11.4 Å². The molecule has 2 atom stereocenters. The van der Waals surface area contributed by atoms with Gasteiger partial charge >= 0.3 is 0 Å². The number of nitrogens with one attached hydrogen (secondary N) is 4. The van der Waals surface area contributed by atoms with Crippen molar-refractivity contribution in [1.29, 1.82) is 0 Å². The summed E-state index contributed by atoms with van der Waals surface area (Å²) in [6.07, 6.45) is 18.7. The van der Waals surface area contributed by atoms with Gasteiger partial charge in [0.15, 0.2) is 0 Å². The van der Waals surface area contributed by atoms with E-state index in [0.717, 1.165) is 88.4 Å². The summed E-state index contributed by atoms with van der Waals surface area (Å²) in [5.41, 5.74) is 13.2. The molecule has 13 heteroatoms. The topological polar surface area (TPSA) is 160 Å². The molecule has 0 aromatic carbocycles. The Kier molecular flexibility index (Phi) is 11.1. The van der Waals surface area contributed by atoms with E-state index in [9.17, 15) is 0 Å². The summed E-state index contributed by atoms with van der Waals surface area (Å²) in [6.45, 7) is 12.3. The Morgan fingerprint density at radius 3 is 1.89 bits per heavy atom. The number of nitrogens with zero attached hydrogens (tertiary/aromatic N) is 8. The van der Waals surface area contributed by atoms with E-state index in [1.165, 1.54) is 55.9 Å². The van der Waals surface area contributed by atoms with E-state index in [0.29, 0.717) is 18.0 Å². The Labute approximate surface area is 322 Å². The maximum absolute atomic E-state index is 7.57. The van der Waals surface area contributed by atoms with Gasteiger partial charge < -0.3 is 35.5 Å². The molecule has 6 aromatic heterocycles. The highest BCUT2D eigenvalue weighted by atomic mass is 16.2. The van der Waals surface area contributed by atoms with Crippen molar-refractivity contribution in [2.75, 3.05) is 42.6 Å². The van der Waals surface area contributed by atoms with Crippen molar-refractivity contribution in [3.63, 3.8) is 0 Å². The summed E-state index contributed by atoms with van der Waals surface area (Å²) in [4.78, 5) is 38.9. The average Bonchev–Trinajstić information content (AvgIpc) is 3.92. The third-order valence-electron chi connectivity index (χ3n) is 11.4. The first-order valence-corrected chi connectivity index (χ1v) is 19.8. The quantitative estimate of drug-likeness (QED) is 0.157. The number of aromatic amines is 2. The smallest absolute Gasteiger partial charge is 0.139 e. The van der Waals surface area contributed by atoms with Gasteiger partial charge in [-0.05, 0) is 89.5 Å². The molecular weight excluding hydrogens is 689 g/mol. The van der Waals surface area contributed by atoms with E-state index in [2.05, 4.69) is 99.5 Å². The molecule has 0 saturated carbocycles. The fourth-order valence-electron chi connectivity index (χ4n) is 8.64. The van der Waals surface area contributed by atoms with E-state index in [4.69, 9.17) is 10.1 Å². The predicted octanol–water partition coefficient (Wildman–Crippen LogP) is 5.45. The number of aliphatic hydroxyl groups excluding tert-OH is 1. The van der Waals surface area contributed by atoms with Crippen LogP contribution >= 0.6 is 0 Å². The molecule has 1 fully saturated rings. The maximum Gasteiger partial charge on any atom is 0.139 e. The first-order valence-electron chi connectivity index (χ1n) is 19.8. The molecule has 4 aliphatic heterocycles. The van der Waals surface area contributed by atoms with Crippen LogP contribution in [-0.2, 0) is 25.9 Å². The number of H-pyrrole nitrogens is 2. The summed E-state index contributed by atoms with van der Waals surface area (Å²) in [6, 6.07) is 9.26. The van der Waals surface area contributed by atoms with Crippen LogP contribution in [-0.4, -0.2) is 89.8 Å². The summed E-state index contributed by atoms with van der Waals surface area (Å²) in [5, 5.41) is 16.8. The molecule has 0 amide bonds. The van der Waals surface area contributed by atoms with Crippen LogP contribution < -0.4 is 20.4 Å². The van der Waals surface area contributed by atoms with Crippen molar-refractivity contribution >= 4 is 39.0 Å². The molecule has 4 aliphatic rings. The first-order chi connectivity index (χ1) is 27.0. The van der Waals surface area contributed by atoms with Crippen LogP contribution in [0.5, 0.6) is 0 Å². The van der Waals surface area contributed by atoms with E-state index in [1.807, 2.05) is 24.8 Å². The zero-order valence-electron chi connectivity index (χ0n) is 32.1. The van der Waals surface area contributed by atoms with Crippen LogP contribution in [0.25, 0.3) is 27.6 Å². The number of anilines is 2. The monoisotopic (exact) mass is 740 g/mol. The lowest BCUT2D eigenvalue weighted by Crippen LogP contribution is -2.40. The van der Waals surface area contributed by atoms with Gasteiger partial charge in [-0.1, -0.05) is 6.08 Å². The summed E-state index contributed by atoms with van der Waals surface area (Å²) >= 11 is 0. The molecule has 286 valence electrons. The van der Waals surface area contributed by atoms with E-state index >= 15 is 0 Å². The van der Waals surface area contributed by atoms with Gasteiger partial charge in [-0.2, -0.15) is 0 Å². The molecule has 6 aromatic rings. The molecule has 0 bridgehead atoms. The molecule has 5 N–H and O–H groups in total. The van der Waals surface area contributed by atoms with Crippen molar-refractivity contribution in [3.8, 4) is 0 Å². The highest BCUT2D eigenvalue weighted by Gasteiger charge is 2.31. The number of pyridine rings is 2. The van der Waals surface area contributed by atoms with Crippen LogP contribution in [0.3, 0.4) is 0 Å². The first kappa shape index (κ1) is 36.7. The van der Waals surface area contributed by atoms with Crippen molar-refractivity contribution in [3.05, 3.63) is 102 Å². The third-order valence-corrected chi connectivity index (χ3v) is 11.4. The third kappa shape index (κ3) is 7.56. The van der Waals surface area contributed by atoms with Gasteiger partial charge in [-0.25, -0.2) is 29.9 Å². The zero-order chi connectivity index (χ0) is 37.7. The van der Waals surface area contributed by atoms with E-state index < -0.39 is 0 Å². The van der Waals surface area contributed by atoms with Gasteiger partial charge in [0.1, 0.15) is 23.9 Å². The maximum atomic E-state index is 7.57. The van der Waals surface area contributed by atoms with Crippen LogP contribution in [0, 0.1) is 0 Å². The van der Waals surface area contributed by atoms with Gasteiger partial charge in [0.2, 0.25) is 0 Å². The predicted molar refractivity (Wildman–Crippen MR) is 218 cm³/mol. The number of piperidine rings is 1. The van der Waals surface area contributed by atoms with Gasteiger partial charge in [0, 0.05) is 115 Å². The van der Waals surface area contributed by atoms with Crippen molar-refractivity contribution < 1.29 is 5.11 Å². The van der Waals surface area contributed by atoms with Gasteiger partial charge in [0.05, 0.1) is 22.8 Å². The lowest BCUT2D eigenvalue weighted by Gasteiger charge is -2.38. The Bertz CT molecular complexity index is 2260. The molecule has 1 saturated heterocycles. The van der Waals surface area contributed by atoms with Gasteiger partial charge in [-0.3, -0.25) is 0 Å². The van der Waals surface area contributed by atoms with Crippen molar-refractivity contribution in [1.82, 2.24) is 50.5 Å². The largest absolute Gasteiger partial charge is 0.397 e. The molecule has 0 radical (unpaired) electrons. The second-order valence-electron chi connectivity index (χ2n) is 14.9. The van der Waals surface area contributed by atoms with Gasteiger partial charge in [0.25, 0.3) is 0 Å². The highest BCUT2D eigenvalue weighted by Crippen LogP contribution is 2.37. The SMILES string of the molecule is CCO.C[C@@H]1Cc2ncnc(C3=CCNCC3)c2CN1c1ccnc2[nH]ccc12.C[C@@H]1Cc2ncnc(C3CCNCC3)c2CN1c1ccnc2[nH]ccc12. The number of aliphatic hydroxyl groups is 1. The van der Waals surface area contributed by atoms with Crippen LogP contribution in [0.2, 0.25) is 0 Å². The highest BCUT2D eigenvalue weighted by molar-refractivity contribution is 5.91. The molecule has 0 aliphatic carbocycles. The standard InChI is InChI=1S/C20H24N6.C20H22N6.C2H6O/c2*1-13-10-17-16(19(25-12-24-17)14-2-6-21-7-3-14)11-26(13)18-5-9-23-20-15(18)4-8-22-20;1-2-3/h4-5,8-9,12-14,21H,2-3,6-7,10-11H2,1H3,(H,22,23);2,4-5,8-9,12-13,21H,3,6-7,10-11H2,1H3,(H,22,23);3H,2H2,1H3/t2*13-;/m11./s1. The summed E-state index contributed by atoms with van der Waals surface area (Å²) in [7, 11) is 0. The molecule has 0 unspecified atom stereocenters. The second kappa shape index (κ2) is 16.6. The average molecular weight is 741 g/mol. The fourth-order valence-corrected chi connectivity index (χ4v) is 8.64. The Hall–Kier alpha value is -5.24. The second-order valence-corrected chi connectivity index (χ2v) is 14.9. The summed E-state index contributed by atoms with van der Waals surface area (Å²) in [5.74, 6) is 0.549. The zero-order valence-corrected chi connectivity index (χ0v) is 32.1. The van der Waals surface area contributed by atoms with Crippen molar-refractivity contribution in [2.24, 2.45) is 0 Å². The Balaban J connectivity index is 0.000000145. The van der Waals surface area contributed by atoms with E-state index in [1.54, 1.807) is 19.6 Å². The molecule has 0 spiro atoms. The van der Waals surface area contributed by atoms with Crippen LogP contribution in [0.15, 0.2) is 67.8 Å². The van der Waals surface area contributed by atoms with Gasteiger partial charge in [-0.15, -0.1) is 0 Å². The normalized spacial score (nSPS) is 19.8. The number of hydrogen-bond acceptors (Lipinski definition) is 11. The number of fused-ring (bicyclic) bond motifs is 4. The molecule has 55 heavy (non-hydrogen) atoms. The molecule has 10 rings (SSSR count). The summed E-state index contributed by atoms with van der Waals surface area (Å²) < 4.78 is 0. The van der Waals surface area contributed by atoms with Crippen LogP contribution in [0.1, 0.15) is 79.9 Å². The minimum Gasteiger partial charge on any atom is -0.397 e. The number of rotatable bonds is 4. The minimum atomic E-state index is 0.250.